The zero-order valence-electron chi connectivity index (χ0n) is 10.9. The summed E-state index contributed by atoms with van der Waals surface area (Å²) in [5.74, 6) is 1.40. The van der Waals surface area contributed by atoms with Crippen LogP contribution in [-0.2, 0) is 0 Å². The van der Waals surface area contributed by atoms with Crippen LogP contribution < -0.4 is 4.74 Å². The average Bonchev–Trinajstić information content (AvgIpc) is 2.56. The van der Waals surface area contributed by atoms with Crippen molar-refractivity contribution in [3.05, 3.63) is 55.0 Å². The predicted octanol–water partition coefficient (Wildman–Crippen LogP) is 2.61. The second-order valence-electron chi connectivity index (χ2n) is 4.13. The highest BCUT2D eigenvalue weighted by Gasteiger charge is 2.04. The number of aromatic nitrogens is 4. The Bertz CT molecular complexity index is 681. The standard InChI is InChI=1S/C15H12N4O/c1-20-13-4-2-11(3-5-13)14-10-17-15(19-18-14)12-6-8-16-9-7-12/h2-10H,1H3. The first-order valence-corrected chi connectivity index (χ1v) is 6.11. The van der Waals surface area contributed by atoms with Gasteiger partial charge in [-0.15, -0.1) is 10.2 Å². The number of nitrogens with zero attached hydrogens (tertiary/aromatic N) is 4. The molecule has 0 amide bonds. The van der Waals surface area contributed by atoms with Crippen LogP contribution in [0.4, 0.5) is 0 Å². The van der Waals surface area contributed by atoms with E-state index in [0.29, 0.717) is 5.82 Å². The Hall–Kier alpha value is -2.82. The van der Waals surface area contributed by atoms with Gasteiger partial charge in [-0.2, -0.15) is 0 Å². The Morgan fingerprint density at radius 1 is 0.850 bits per heavy atom. The Labute approximate surface area is 116 Å². The number of hydrogen-bond donors (Lipinski definition) is 0. The fourth-order valence-electron chi connectivity index (χ4n) is 1.80. The molecule has 1 aromatic carbocycles. The molecule has 0 bridgehead atoms. The molecule has 0 unspecified atom stereocenters. The largest absolute Gasteiger partial charge is 0.497 e. The number of methoxy groups -OCH3 is 1. The highest BCUT2D eigenvalue weighted by molar-refractivity contribution is 5.60. The van der Waals surface area contributed by atoms with Crippen LogP contribution >= 0.6 is 0 Å². The first-order chi connectivity index (χ1) is 9.86. The van der Waals surface area contributed by atoms with Gasteiger partial charge in [0.05, 0.1) is 13.3 Å². The normalized spacial score (nSPS) is 10.2. The molecule has 0 radical (unpaired) electrons. The van der Waals surface area contributed by atoms with Crippen molar-refractivity contribution in [3.8, 4) is 28.4 Å². The summed E-state index contributed by atoms with van der Waals surface area (Å²) in [5.41, 5.74) is 2.58. The molecule has 2 aromatic heterocycles. The van der Waals surface area contributed by atoms with Crippen LogP contribution in [0.15, 0.2) is 55.0 Å². The maximum absolute atomic E-state index is 5.12. The summed E-state index contributed by atoms with van der Waals surface area (Å²) < 4.78 is 5.12. The lowest BCUT2D eigenvalue weighted by molar-refractivity contribution is 0.415. The average molecular weight is 264 g/mol. The van der Waals surface area contributed by atoms with Gasteiger partial charge < -0.3 is 4.74 Å². The summed E-state index contributed by atoms with van der Waals surface area (Å²) in [6.45, 7) is 0. The number of ether oxygens (including phenoxy) is 1. The van der Waals surface area contributed by atoms with E-state index in [0.717, 1.165) is 22.6 Å². The Balaban J connectivity index is 1.89. The van der Waals surface area contributed by atoms with Gasteiger partial charge >= 0.3 is 0 Å². The van der Waals surface area contributed by atoms with Crippen LogP contribution in [0, 0.1) is 0 Å². The molecule has 20 heavy (non-hydrogen) atoms. The van der Waals surface area contributed by atoms with Crippen LogP contribution in [0.3, 0.4) is 0 Å². The predicted molar refractivity (Wildman–Crippen MR) is 75.0 cm³/mol. The molecule has 0 aliphatic carbocycles. The van der Waals surface area contributed by atoms with E-state index in [1.54, 1.807) is 25.7 Å². The lowest BCUT2D eigenvalue weighted by Crippen LogP contribution is -1.94. The zero-order valence-corrected chi connectivity index (χ0v) is 10.9. The van der Waals surface area contributed by atoms with Crippen LogP contribution in [0.25, 0.3) is 22.6 Å². The Morgan fingerprint density at radius 2 is 1.60 bits per heavy atom. The van der Waals surface area contributed by atoms with Gasteiger partial charge in [-0.25, -0.2) is 4.98 Å². The van der Waals surface area contributed by atoms with E-state index in [4.69, 9.17) is 4.74 Å². The minimum absolute atomic E-state index is 0.588. The monoisotopic (exact) mass is 264 g/mol. The molecule has 5 nitrogen and oxygen atoms in total. The van der Waals surface area contributed by atoms with Gasteiger partial charge in [0.25, 0.3) is 0 Å². The molecule has 0 saturated heterocycles. The van der Waals surface area contributed by atoms with E-state index < -0.39 is 0 Å². The molecule has 0 aliphatic rings. The van der Waals surface area contributed by atoms with Crippen LogP contribution in [0.1, 0.15) is 0 Å². The topological polar surface area (TPSA) is 60.8 Å². The molecule has 2 heterocycles. The molecular weight excluding hydrogens is 252 g/mol. The SMILES string of the molecule is COc1ccc(-c2cnc(-c3ccncc3)nn2)cc1. The van der Waals surface area contributed by atoms with Crippen molar-refractivity contribution < 1.29 is 4.74 Å². The second-order valence-corrected chi connectivity index (χ2v) is 4.13. The minimum Gasteiger partial charge on any atom is -0.497 e. The number of benzene rings is 1. The fourth-order valence-corrected chi connectivity index (χ4v) is 1.80. The van der Waals surface area contributed by atoms with Crippen molar-refractivity contribution in [3.63, 3.8) is 0 Å². The zero-order chi connectivity index (χ0) is 13.8. The molecule has 0 saturated carbocycles. The van der Waals surface area contributed by atoms with Crippen LogP contribution in [0.5, 0.6) is 5.75 Å². The number of pyridine rings is 1. The lowest BCUT2D eigenvalue weighted by atomic mass is 10.1. The van der Waals surface area contributed by atoms with E-state index in [9.17, 15) is 0 Å². The van der Waals surface area contributed by atoms with Gasteiger partial charge in [0, 0.05) is 23.5 Å². The maximum Gasteiger partial charge on any atom is 0.181 e. The van der Waals surface area contributed by atoms with Crippen molar-refractivity contribution in [2.45, 2.75) is 0 Å². The molecule has 98 valence electrons. The summed E-state index contributed by atoms with van der Waals surface area (Å²) in [4.78, 5) is 8.30. The molecular formula is C15H12N4O. The number of hydrogen-bond acceptors (Lipinski definition) is 5. The highest BCUT2D eigenvalue weighted by atomic mass is 16.5. The smallest absolute Gasteiger partial charge is 0.181 e. The van der Waals surface area contributed by atoms with Gasteiger partial charge in [-0.1, -0.05) is 0 Å². The molecule has 3 aromatic rings. The number of rotatable bonds is 3. The summed E-state index contributed by atoms with van der Waals surface area (Å²) >= 11 is 0. The third kappa shape index (κ3) is 2.47. The van der Waals surface area contributed by atoms with Gasteiger partial charge in [0.1, 0.15) is 11.4 Å². The molecule has 0 fully saturated rings. The van der Waals surface area contributed by atoms with Gasteiger partial charge in [0.15, 0.2) is 5.82 Å². The van der Waals surface area contributed by atoms with E-state index >= 15 is 0 Å². The fraction of sp³-hybridized carbons (Fsp3) is 0.0667. The highest BCUT2D eigenvalue weighted by Crippen LogP contribution is 2.20. The second kappa shape index (κ2) is 5.44. The first-order valence-electron chi connectivity index (χ1n) is 6.11. The van der Waals surface area contributed by atoms with Gasteiger partial charge in [-0.05, 0) is 36.4 Å². The lowest BCUT2D eigenvalue weighted by Gasteiger charge is -2.03. The van der Waals surface area contributed by atoms with Gasteiger partial charge in [-0.3, -0.25) is 4.98 Å². The van der Waals surface area contributed by atoms with Crippen molar-refractivity contribution >= 4 is 0 Å². The molecule has 3 rings (SSSR count). The third-order valence-corrected chi connectivity index (χ3v) is 2.89. The van der Waals surface area contributed by atoms with Gasteiger partial charge in [0.2, 0.25) is 0 Å². The molecule has 0 spiro atoms. The van der Waals surface area contributed by atoms with Crippen molar-refractivity contribution in [1.82, 2.24) is 20.2 Å². The molecule has 0 atom stereocenters. The quantitative estimate of drug-likeness (QED) is 0.727. The van der Waals surface area contributed by atoms with Crippen molar-refractivity contribution in [2.24, 2.45) is 0 Å². The van der Waals surface area contributed by atoms with Crippen molar-refractivity contribution in [2.75, 3.05) is 7.11 Å². The summed E-state index contributed by atoms with van der Waals surface area (Å²) in [5, 5.41) is 8.35. The molecule has 0 N–H and O–H groups in total. The Morgan fingerprint density at radius 3 is 2.20 bits per heavy atom. The van der Waals surface area contributed by atoms with Crippen LogP contribution in [-0.4, -0.2) is 27.3 Å². The summed E-state index contributed by atoms with van der Waals surface area (Å²) in [6, 6.07) is 11.3. The van der Waals surface area contributed by atoms with E-state index in [1.165, 1.54) is 0 Å². The third-order valence-electron chi connectivity index (χ3n) is 2.89. The summed E-state index contributed by atoms with van der Waals surface area (Å²) in [7, 11) is 1.64. The van der Waals surface area contributed by atoms with E-state index in [-0.39, 0.29) is 0 Å². The van der Waals surface area contributed by atoms with Crippen LogP contribution in [0.2, 0.25) is 0 Å². The first kappa shape index (κ1) is 12.2. The summed E-state index contributed by atoms with van der Waals surface area (Å²) in [6.07, 6.45) is 5.12. The Kier molecular flexibility index (Phi) is 3.33. The minimum atomic E-state index is 0.588. The molecule has 5 heteroatoms. The van der Waals surface area contributed by atoms with Crippen molar-refractivity contribution in [1.29, 1.82) is 0 Å². The van der Waals surface area contributed by atoms with E-state index in [1.807, 2.05) is 36.4 Å². The molecule has 0 aliphatic heterocycles. The maximum atomic E-state index is 5.12. The van der Waals surface area contributed by atoms with E-state index in [2.05, 4.69) is 20.2 Å².